The lowest BCUT2D eigenvalue weighted by Crippen LogP contribution is -2.56. The summed E-state index contributed by atoms with van der Waals surface area (Å²) in [5, 5.41) is 5.21. The van der Waals surface area contributed by atoms with Gasteiger partial charge in [0.25, 0.3) is 0 Å². The molecule has 2 amide bonds. The molecule has 1 aromatic rings. The first-order valence-electron chi connectivity index (χ1n) is 10.7. The second-order valence-electron chi connectivity index (χ2n) is 8.25. The molecule has 0 aliphatic carbocycles. The highest BCUT2D eigenvalue weighted by molar-refractivity contribution is 7.88. The SMILES string of the molecule is Cc1ccc(OCCCC[C@@H](C=O)NC(=O)[C@@H](NC(=O)[C@H](C)NS(C)(=O)=O)C(C)C)cc1. The smallest absolute Gasteiger partial charge is 0.243 e. The Kier molecular flexibility index (Phi) is 11.3. The number of aryl methyl sites for hydroxylation is 1. The summed E-state index contributed by atoms with van der Waals surface area (Å²) in [6.45, 7) is 7.38. The summed E-state index contributed by atoms with van der Waals surface area (Å²) >= 11 is 0. The first-order valence-corrected chi connectivity index (χ1v) is 12.5. The number of amides is 2. The molecule has 0 saturated heterocycles. The van der Waals surface area contributed by atoms with Crippen molar-refractivity contribution in [1.29, 1.82) is 0 Å². The molecule has 0 heterocycles. The minimum atomic E-state index is -3.57. The Hall–Kier alpha value is -2.46. The summed E-state index contributed by atoms with van der Waals surface area (Å²) < 4.78 is 30.4. The number of benzene rings is 1. The first-order chi connectivity index (χ1) is 14.9. The highest BCUT2D eigenvalue weighted by Gasteiger charge is 2.28. The van der Waals surface area contributed by atoms with Crippen LogP contribution in [0.15, 0.2) is 24.3 Å². The fourth-order valence-corrected chi connectivity index (χ4v) is 3.67. The van der Waals surface area contributed by atoms with Gasteiger partial charge in [-0.3, -0.25) is 9.59 Å². The monoisotopic (exact) mass is 469 g/mol. The van der Waals surface area contributed by atoms with Crippen LogP contribution in [0.25, 0.3) is 0 Å². The zero-order chi connectivity index (χ0) is 24.3. The molecule has 3 atom stereocenters. The van der Waals surface area contributed by atoms with Crippen LogP contribution in [-0.2, 0) is 24.4 Å². The number of carbonyl (C=O) groups is 3. The zero-order valence-corrected chi connectivity index (χ0v) is 20.2. The van der Waals surface area contributed by atoms with Gasteiger partial charge in [-0.25, -0.2) is 13.1 Å². The van der Waals surface area contributed by atoms with Crippen molar-refractivity contribution in [2.24, 2.45) is 5.92 Å². The molecule has 0 radical (unpaired) electrons. The number of nitrogens with one attached hydrogen (secondary N) is 3. The molecule has 0 fully saturated rings. The minimum Gasteiger partial charge on any atom is -0.494 e. The normalized spacial score (nSPS) is 14.3. The number of ether oxygens (including phenoxy) is 1. The van der Waals surface area contributed by atoms with E-state index in [1.54, 1.807) is 13.8 Å². The van der Waals surface area contributed by atoms with E-state index >= 15 is 0 Å². The van der Waals surface area contributed by atoms with Crippen LogP contribution in [0.5, 0.6) is 5.75 Å². The lowest BCUT2D eigenvalue weighted by molar-refractivity contribution is -0.131. The number of sulfonamides is 1. The molecule has 0 unspecified atom stereocenters. The fraction of sp³-hybridized carbons (Fsp3) is 0.591. The van der Waals surface area contributed by atoms with Gasteiger partial charge in [0.15, 0.2) is 0 Å². The zero-order valence-electron chi connectivity index (χ0n) is 19.4. The van der Waals surface area contributed by atoms with Crippen molar-refractivity contribution in [3.8, 4) is 5.75 Å². The summed E-state index contributed by atoms with van der Waals surface area (Å²) in [7, 11) is -3.57. The van der Waals surface area contributed by atoms with Crippen molar-refractivity contribution in [2.75, 3.05) is 12.9 Å². The predicted octanol–water partition coefficient (Wildman–Crippen LogP) is 1.31. The number of unbranched alkanes of at least 4 members (excludes halogenated alkanes) is 1. The van der Waals surface area contributed by atoms with Gasteiger partial charge >= 0.3 is 0 Å². The van der Waals surface area contributed by atoms with Gasteiger partial charge in [-0.15, -0.1) is 0 Å². The lowest BCUT2D eigenvalue weighted by Gasteiger charge is -2.25. The number of rotatable bonds is 14. The summed E-state index contributed by atoms with van der Waals surface area (Å²) in [5.74, 6) is -0.598. The van der Waals surface area contributed by atoms with E-state index < -0.39 is 40.0 Å². The van der Waals surface area contributed by atoms with Crippen molar-refractivity contribution < 1.29 is 27.5 Å². The van der Waals surface area contributed by atoms with Crippen molar-refractivity contribution in [3.63, 3.8) is 0 Å². The third-order valence-electron chi connectivity index (χ3n) is 4.72. The van der Waals surface area contributed by atoms with E-state index in [9.17, 15) is 22.8 Å². The highest BCUT2D eigenvalue weighted by atomic mass is 32.2. The third kappa shape index (κ3) is 10.7. The van der Waals surface area contributed by atoms with E-state index in [1.807, 2.05) is 31.2 Å². The molecule has 0 aromatic heterocycles. The van der Waals surface area contributed by atoms with Crippen LogP contribution in [0.4, 0.5) is 0 Å². The molecule has 0 saturated carbocycles. The van der Waals surface area contributed by atoms with Gasteiger partial charge in [0.1, 0.15) is 18.1 Å². The maximum absolute atomic E-state index is 12.7. The average molecular weight is 470 g/mol. The van der Waals surface area contributed by atoms with Crippen molar-refractivity contribution in [1.82, 2.24) is 15.4 Å². The van der Waals surface area contributed by atoms with Crippen molar-refractivity contribution in [3.05, 3.63) is 29.8 Å². The van der Waals surface area contributed by atoms with Gasteiger partial charge < -0.3 is 20.2 Å². The summed E-state index contributed by atoms with van der Waals surface area (Å²) in [4.78, 5) is 36.4. The van der Waals surface area contributed by atoms with E-state index in [0.717, 1.165) is 17.6 Å². The van der Waals surface area contributed by atoms with Crippen LogP contribution in [0.2, 0.25) is 0 Å². The van der Waals surface area contributed by atoms with Gasteiger partial charge in [0.2, 0.25) is 21.8 Å². The van der Waals surface area contributed by atoms with Gasteiger partial charge in [-0.1, -0.05) is 31.5 Å². The summed E-state index contributed by atoms with van der Waals surface area (Å²) in [6, 6.07) is 5.11. The van der Waals surface area contributed by atoms with E-state index in [-0.39, 0.29) is 5.92 Å². The quantitative estimate of drug-likeness (QED) is 0.278. The van der Waals surface area contributed by atoms with Gasteiger partial charge in [-0.05, 0) is 51.2 Å². The molecule has 0 aliphatic heterocycles. The Morgan fingerprint density at radius 3 is 2.19 bits per heavy atom. The molecule has 10 heteroatoms. The van der Waals surface area contributed by atoms with E-state index in [0.29, 0.717) is 32.2 Å². The minimum absolute atomic E-state index is 0.264. The summed E-state index contributed by atoms with van der Waals surface area (Å²) in [6.07, 6.45) is 3.45. The topological polar surface area (TPSA) is 131 Å². The molecule has 3 N–H and O–H groups in total. The predicted molar refractivity (Wildman–Crippen MR) is 123 cm³/mol. The number of aldehydes is 1. The maximum Gasteiger partial charge on any atom is 0.243 e. The second-order valence-corrected chi connectivity index (χ2v) is 10.0. The van der Waals surface area contributed by atoms with E-state index in [1.165, 1.54) is 6.92 Å². The van der Waals surface area contributed by atoms with Gasteiger partial charge in [0, 0.05) is 0 Å². The van der Waals surface area contributed by atoms with E-state index in [4.69, 9.17) is 4.74 Å². The van der Waals surface area contributed by atoms with Crippen LogP contribution in [-0.4, -0.2) is 57.5 Å². The molecule has 0 spiro atoms. The molecule has 1 rings (SSSR count). The van der Waals surface area contributed by atoms with Gasteiger partial charge in [0.05, 0.1) is 24.9 Å². The van der Waals surface area contributed by atoms with Crippen LogP contribution < -0.4 is 20.1 Å². The Balaban J connectivity index is 2.50. The summed E-state index contributed by atoms with van der Waals surface area (Å²) in [5.41, 5.74) is 1.15. The van der Waals surface area contributed by atoms with Crippen molar-refractivity contribution >= 4 is 28.1 Å². The molecule has 0 aliphatic rings. The fourth-order valence-electron chi connectivity index (χ4n) is 2.93. The molecular weight excluding hydrogens is 434 g/mol. The lowest BCUT2D eigenvalue weighted by atomic mass is 10.0. The molecule has 0 bridgehead atoms. The molecule has 32 heavy (non-hydrogen) atoms. The Morgan fingerprint density at radius 2 is 1.66 bits per heavy atom. The molecular formula is C22H35N3O6S. The van der Waals surface area contributed by atoms with E-state index in [2.05, 4.69) is 15.4 Å². The van der Waals surface area contributed by atoms with Gasteiger partial charge in [-0.2, -0.15) is 0 Å². The largest absolute Gasteiger partial charge is 0.494 e. The average Bonchev–Trinajstić information content (AvgIpc) is 2.70. The number of hydrogen-bond acceptors (Lipinski definition) is 6. The second kappa shape index (κ2) is 13.2. The molecule has 9 nitrogen and oxygen atoms in total. The first kappa shape index (κ1) is 27.6. The Bertz CT molecular complexity index is 855. The Morgan fingerprint density at radius 1 is 1.03 bits per heavy atom. The van der Waals surface area contributed by atoms with Crippen molar-refractivity contribution in [2.45, 2.75) is 65.1 Å². The highest BCUT2D eigenvalue weighted by Crippen LogP contribution is 2.12. The number of carbonyl (C=O) groups excluding carboxylic acids is 3. The molecule has 180 valence electrons. The van der Waals surface area contributed by atoms with Crippen LogP contribution >= 0.6 is 0 Å². The van der Waals surface area contributed by atoms with Crippen LogP contribution in [0, 0.1) is 12.8 Å². The Labute approximate surface area is 190 Å². The molecule has 1 aromatic carbocycles. The standard InChI is InChI=1S/C22H35N3O6S/c1-15(2)20(24-21(27)17(4)25-32(5,29)30)22(28)23-18(14-26)8-6-7-13-31-19-11-9-16(3)10-12-19/h9-12,14-15,17-18,20,25H,6-8,13H2,1-5H3,(H,23,28)(H,24,27)/t17-,18-,20-/m0/s1. The van der Waals surface area contributed by atoms with Crippen LogP contribution in [0.3, 0.4) is 0 Å². The maximum atomic E-state index is 12.7. The van der Waals surface area contributed by atoms with Crippen LogP contribution in [0.1, 0.15) is 45.6 Å². The number of hydrogen-bond donors (Lipinski definition) is 3. The third-order valence-corrected chi connectivity index (χ3v) is 5.50.